The number of hydrogen-bond acceptors (Lipinski definition) is 4. The summed E-state index contributed by atoms with van der Waals surface area (Å²) < 4.78 is 0.850. The average molecular weight is 417 g/mol. The molecule has 8 heteroatoms. The van der Waals surface area contributed by atoms with Crippen LogP contribution in [0.2, 0.25) is 5.02 Å². The topological polar surface area (TPSA) is 70.2 Å². The third kappa shape index (κ3) is 6.21. The highest BCUT2D eigenvalue weighted by molar-refractivity contribution is 9.10. The number of urea groups is 1. The number of carbonyl (C=O) groups is 2. The summed E-state index contributed by atoms with van der Waals surface area (Å²) in [7, 11) is 0. The molecule has 0 aliphatic heterocycles. The van der Waals surface area contributed by atoms with Gasteiger partial charge in [-0.1, -0.05) is 33.6 Å². The zero-order valence-corrected chi connectivity index (χ0v) is 15.2. The monoisotopic (exact) mass is 415 g/mol. The quantitative estimate of drug-likeness (QED) is 0.673. The van der Waals surface area contributed by atoms with Crippen LogP contribution in [0.1, 0.15) is 4.88 Å². The summed E-state index contributed by atoms with van der Waals surface area (Å²) in [6.45, 7) is 0.436. The molecule has 1 aromatic carbocycles. The van der Waals surface area contributed by atoms with Gasteiger partial charge in [0.2, 0.25) is 5.91 Å². The lowest BCUT2D eigenvalue weighted by molar-refractivity contribution is -0.118. The van der Waals surface area contributed by atoms with Crippen LogP contribution in [-0.4, -0.2) is 25.0 Å². The van der Waals surface area contributed by atoms with E-state index in [2.05, 4.69) is 31.9 Å². The number of amides is 3. The van der Waals surface area contributed by atoms with Crippen molar-refractivity contribution in [2.75, 3.05) is 18.4 Å². The maximum Gasteiger partial charge on any atom is 0.321 e. The highest BCUT2D eigenvalue weighted by atomic mass is 79.9. The Morgan fingerprint density at radius 3 is 2.78 bits per heavy atom. The Morgan fingerprint density at radius 2 is 2.09 bits per heavy atom. The largest absolute Gasteiger partial charge is 0.375 e. The molecular formula is C15H15BrClN3O2S. The summed E-state index contributed by atoms with van der Waals surface area (Å²) in [5.41, 5.74) is 0.628. The van der Waals surface area contributed by atoms with E-state index >= 15 is 0 Å². The summed E-state index contributed by atoms with van der Waals surface area (Å²) in [4.78, 5) is 24.5. The molecule has 2 rings (SSSR count). The second kappa shape index (κ2) is 8.90. The molecule has 0 fully saturated rings. The number of carbonyl (C=O) groups excluding carboxylic acids is 2. The normalized spacial score (nSPS) is 10.2. The third-order valence-corrected chi connectivity index (χ3v) is 4.60. The zero-order chi connectivity index (χ0) is 16.7. The van der Waals surface area contributed by atoms with Crippen molar-refractivity contribution in [1.82, 2.24) is 10.6 Å². The molecule has 0 radical (unpaired) electrons. The lowest BCUT2D eigenvalue weighted by atomic mass is 10.3. The first-order chi connectivity index (χ1) is 11.0. The molecule has 3 amide bonds. The van der Waals surface area contributed by atoms with E-state index in [4.69, 9.17) is 11.6 Å². The molecule has 2 aromatic rings. The van der Waals surface area contributed by atoms with Crippen LogP contribution < -0.4 is 16.0 Å². The smallest absolute Gasteiger partial charge is 0.321 e. The Kier molecular flexibility index (Phi) is 6.88. The highest BCUT2D eigenvalue weighted by Crippen LogP contribution is 2.25. The van der Waals surface area contributed by atoms with Crippen LogP contribution in [0.25, 0.3) is 0 Å². The molecule has 0 atom stereocenters. The van der Waals surface area contributed by atoms with Crippen molar-refractivity contribution < 1.29 is 9.59 Å². The van der Waals surface area contributed by atoms with Crippen molar-refractivity contribution in [2.24, 2.45) is 0 Å². The molecule has 0 aliphatic carbocycles. The third-order valence-electron chi connectivity index (χ3n) is 2.86. The number of halogens is 2. The minimum absolute atomic E-state index is 0.0420. The number of nitrogens with one attached hydrogen (secondary N) is 3. The highest BCUT2D eigenvalue weighted by Gasteiger charge is 2.08. The Hall–Kier alpha value is -1.57. The van der Waals surface area contributed by atoms with Gasteiger partial charge in [0.25, 0.3) is 0 Å². The van der Waals surface area contributed by atoms with Crippen molar-refractivity contribution in [3.63, 3.8) is 0 Å². The summed E-state index contributed by atoms with van der Waals surface area (Å²) >= 11 is 11.0. The molecule has 122 valence electrons. The predicted octanol–water partition coefficient (Wildman–Crippen LogP) is 3.64. The molecule has 0 bridgehead atoms. The SMILES string of the molecule is O=C(CNc1ccc(Br)cc1Cl)NC(=O)NCCc1cccs1. The van der Waals surface area contributed by atoms with E-state index in [1.165, 1.54) is 4.88 Å². The van der Waals surface area contributed by atoms with Crippen molar-refractivity contribution >= 4 is 56.5 Å². The van der Waals surface area contributed by atoms with E-state index in [-0.39, 0.29) is 6.54 Å². The number of imide groups is 1. The van der Waals surface area contributed by atoms with E-state index in [1.54, 1.807) is 23.5 Å². The number of benzene rings is 1. The maximum absolute atomic E-state index is 11.7. The van der Waals surface area contributed by atoms with E-state index in [1.807, 2.05) is 23.6 Å². The predicted molar refractivity (Wildman–Crippen MR) is 97.2 cm³/mol. The molecule has 23 heavy (non-hydrogen) atoms. The van der Waals surface area contributed by atoms with Crippen molar-refractivity contribution in [1.29, 1.82) is 0 Å². The first kappa shape index (κ1) is 17.8. The van der Waals surface area contributed by atoms with Crippen LogP contribution in [0, 0.1) is 0 Å². The van der Waals surface area contributed by atoms with Gasteiger partial charge in [0, 0.05) is 15.9 Å². The fourth-order valence-electron chi connectivity index (χ4n) is 1.78. The molecule has 0 spiro atoms. The van der Waals surface area contributed by atoms with Gasteiger partial charge in [-0.3, -0.25) is 10.1 Å². The fourth-order valence-corrected chi connectivity index (χ4v) is 3.23. The van der Waals surface area contributed by atoms with Crippen LogP contribution >= 0.6 is 38.9 Å². The van der Waals surface area contributed by atoms with Crippen molar-refractivity contribution in [3.05, 3.63) is 50.1 Å². The Labute approximate surface area is 151 Å². The standard InChI is InChI=1S/C15H15BrClN3O2S/c16-10-3-4-13(12(17)8-10)19-9-14(21)20-15(22)18-6-5-11-2-1-7-23-11/h1-4,7-8,19H,5-6,9H2,(H2,18,20,21,22). The van der Waals surface area contributed by atoms with Crippen LogP contribution in [-0.2, 0) is 11.2 Å². The molecule has 0 aliphatic rings. The van der Waals surface area contributed by atoms with Gasteiger partial charge in [0.15, 0.2) is 0 Å². The summed E-state index contributed by atoms with van der Waals surface area (Å²) in [6, 6.07) is 8.74. The Balaban J connectivity index is 1.68. The van der Waals surface area contributed by atoms with Crippen molar-refractivity contribution in [2.45, 2.75) is 6.42 Å². The minimum atomic E-state index is -0.504. The zero-order valence-electron chi connectivity index (χ0n) is 12.1. The van der Waals surface area contributed by atoms with Gasteiger partial charge in [-0.15, -0.1) is 11.3 Å². The molecule has 1 aromatic heterocycles. The van der Waals surface area contributed by atoms with E-state index < -0.39 is 11.9 Å². The van der Waals surface area contributed by atoms with Gasteiger partial charge in [0.05, 0.1) is 17.3 Å². The van der Waals surface area contributed by atoms with Crippen LogP contribution in [0.4, 0.5) is 10.5 Å². The van der Waals surface area contributed by atoms with E-state index in [9.17, 15) is 9.59 Å². The number of anilines is 1. The number of thiophene rings is 1. The maximum atomic E-state index is 11.7. The molecule has 1 heterocycles. The van der Waals surface area contributed by atoms with Crippen LogP contribution in [0.15, 0.2) is 40.2 Å². The van der Waals surface area contributed by atoms with E-state index in [0.29, 0.717) is 17.3 Å². The number of hydrogen-bond donors (Lipinski definition) is 3. The second-order valence-electron chi connectivity index (χ2n) is 4.61. The van der Waals surface area contributed by atoms with Crippen LogP contribution in [0.3, 0.4) is 0 Å². The van der Waals surface area contributed by atoms with Gasteiger partial charge in [-0.25, -0.2) is 4.79 Å². The Bertz CT molecular complexity index is 679. The molecule has 0 saturated heterocycles. The second-order valence-corrected chi connectivity index (χ2v) is 6.97. The van der Waals surface area contributed by atoms with Crippen LogP contribution in [0.5, 0.6) is 0 Å². The van der Waals surface area contributed by atoms with Gasteiger partial charge in [0.1, 0.15) is 0 Å². The average Bonchev–Trinajstić information content (AvgIpc) is 2.99. The summed E-state index contributed by atoms with van der Waals surface area (Å²) in [5, 5.41) is 10.3. The lowest BCUT2D eigenvalue weighted by Gasteiger charge is -2.09. The first-order valence-corrected chi connectivity index (χ1v) is 8.88. The molecule has 0 saturated carbocycles. The molecule has 0 unspecified atom stereocenters. The van der Waals surface area contributed by atoms with Gasteiger partial charge in [-0.2, -0.15) is 0 Å². The molecule has 5 nitrogen and oxygen atoms in total. The lowest BCUT2D eigenvalue weighted by Crippen LogP contribution is -2.42. The first-order valence-electron chi connectivity index (χ1n) is 6.83. The van der Waals surface area contributed by atoms with Gasteiger partial charge in [-0.05, 0) is 36.1 Å². The van der Waals surface area contributed by atoms with Gasteiger partial charge >= 0.3 is 6.03 Å². The molecule has 3 N–H and O–H groups in total. The summed E-state index contributed by atoms with van der Waals surface area (Å²) in [5.74, 6) is -0.433. The van der Waals surface area contributed by atoms with Gasteiger partial charge < -0.3 is 10.6 Å². The fraction of sp³-hybridized carbons (Fsp3) is 0.200. The minimum Gasteiger partial charge on any atom is -0.375 e. The van der Waals surface area contributed by atoms with E-state index in [0.717, 1.165) is 10.9 Å². The molecular weight excluding hydrogens is 402 g/mol. The number of rotatable bonds is 6. The Morgan fingerprint density at radius 1 is 1.26 bits per heavy atom. The summed E-state index contributed by atoms with van der Waals surface area (Å²) in [6.07, 6.45) is 0.742. The van der Waals surface area contributed by atoms with Crippen molar-refractivity contribution in [3.8, 4) is 0 Å².